The highest BCUT2D eigenvalue weighted by atomic mass is 16.7. The van der Waals surface area contributed by atoms with Gasteiger partial charge in [-0.2, -0.15) is 0 Å². The lowest BCUT2D eigenvalue weighted by Crippen LogP contribution is -2.52. The highest BCUT2D eigenvalue weighted by Crippen LogP contribution is 2.27. The number of rotatable bonds is 4. The molecule has 0 saturated carbocycles. The van der Waals surface area contributed by atoms with Crippen molar-refractivity contribution in [3.8, 4) is 0 Å². The summed E-state index contributed by atoms with van der Waals surface area (Å²) < 4.78 is 16.0. The van der Waals surface area contributed by atoms with E-state index in [9.17, 15) is 15.3 Å². The summed E-state index contributed by atoms with van der Waals surface area (Å²) in [4.78, 5) is 0. The van der Waals surface area contributed by atoms with Gasteiger partial charge in [0, 0.05) is 19.3 Å². The van der Waals surface area contributed by atoms with Crippen molar-refractivity contribution < 1.29 is 39.7 Å². The fraction of sp³-hybridized carbons (Fsp3) is 1.00. The molecule has 5 N–H and O–H groups in total. The Morgan fingerprint density at radius 3 is 2.20 bits per heavy atom. The van der Waals surface area contributed by atoms with Gasteiger partial charge < -0.3 is 39.7 Å². The van der Waals surface area contributed by atoms with Crippen LogP contribution in [0.2, 0.25) is 0 Å². The molecule has 0 aromatic heterocycles. The summed E-state index contributed by atoms with van der Waals surface area (Å²) in [5, 5.41) is 47.2. The molecule has 2 fully saturated rings. The van der Waals surface area contributed by atoms with Gasteiger partial charge in [-0.05, 0) is 0 Å². The maximum atomic E-state index is 9.85. The van der Waals surface area contributed by atoms with Crippen LogP contribution in [0.5, 0.6) is 0 Å². The lowest BCUT2D eigenvalue weighted by molar-refractivity contribution is -0.303. The van der Waals surface area contributed by atoms with E-state index < -0.39 is 43.1 Å². The minimum atomic E-state index is -1.22. The molecule has 0 spiro atoms. The second kappa shape index (κ2) is 7.10. The summed E-state index contributed by atoms with van der Waals surface area (Å²) in [5.41, 5.74) is 0. The zero-order valence-corrected chi connectivity index (χ0v) is 11.0. The SMILES string of the molecule is OCC1C[C@H](O)[C@@H](O)[C@H](O[C@H]2CC(CO)O[C@@H](O)C2)O1. The first-order valence-electron chi connectivity index (χ1n) is 6.75. The fourth-order valence-electron chi connectivity index (χ4n) is 2.51. The molecule has 2 rings (SSSR count). The zero-order valence-electron chi connectivity index (χ0n) is 11.0. The molecular formula is C12H22O8. The van der Waals surface area contributed by atoms with Crippen LogP contribution in [-0.2, 0) is 14.2 Å². The van der Waals surface area contributed by atoms with Crippen LogP contribution in [0.15, 0.2) is 0 Å². The van der Waals surface area contributed by atoms with Gasteiger partial charge in [0.15, 0.2) is 12.6 Å². The number of hydrogen-bond acceptors (Lipinski definition) is 8. The van der Waals surface area contributed by atoms with E-state index in [0.717, 1.165) is 0 Å². The molecule has 0 aliphatic carbocycles. The topological polar surface area (TPSA) is 129 Å². The number of hydrogen-bond donors (Lipinski definition) is 5. The van der Waals surface area contributed by atoms with Gasteiger partial charge in [-0.25, -0.2) is 0 Å². The maximum absolute atomic E-state index is 9.85. The molecular weight excluding hydrogens is 272 g/mol. The van der Waals surface area contributed by atoms with Crippen LogP contribution in [0.25, 0.3) is 0 Å². The Bertz CT molecular complexity index is 301. The van der Waals surface area contributed by atoms with E-state index >= 15 is 0 Å². The summed E-state index contributed by atoms with van der Waals surface area (Å²) in [6.45, 7) is -0.522. The number of aliphatic hydroxyl groups excluding tert-OH is 5. The van der Waals surface area contributed by atoms with Crippen molar-refractivity contribution >= 4 is 0 Å². The predicted molar refractivity (Wildman–Crippen MR) is 64.5 cm³/mol. The lowest BCUT2D eigenvalue weighted by atomic mass is 10.0. The molecule has 118 valence electrons. The predicted octanol–water partition coefficient (Wildman–Crippen LogP) is -2.31. The van der Waals surface area contributed by atoms with Crippen molar-refractivity contribution in [1.29, 1.82) is 0 Å². The quantitative estimate of drug-likeness (QED) is 0.391. The van der Waals surface area contributed by atoms with Crippen molar-refractivity contribution in [2.75, 3.05) is 13.2 Å². The van der Waals surface area contributed by atoms with E-state index in [0.29, 0.717) is 6.42 Å². The molecule has 2 aliphatic rings. The average molecular weight is 294 g/mol. The molecule has 8 nitrogen and oxygen atoms in total. The summed E-state index contributed by atoms with van der Waals surface area (Å²) in [7, 11) is 0. The first-order valence-corrected chi connectivity index (χ1v) is 6.75. The van der Waals surface area contributed by atoms with Crippen LogP contribution < -0.4 is 0 Å². The molecule has 0 aromatic carbocycles. The maximum Gasteiger partial charge on any atom is 0.186 e. The third-order valence-corrected chi connectivity index (χ3v) is 3.58. The molecule has 0 amide bonds. The third kappa shape index (κ3) is 3.86. The van der Waals surface area contributed by atoms with Gasteiger partial charge in [-0.1, -0.05) is 0 Å². The van der Waals surface area contributed by atoms with Gasteiger partial charge in [-0.15, -0.1) is 0 Å². The highest BCUT2D eigenvalue weighted by molar-refractivity contribution is 4.83. The second-order valence-corrected chi connectivity index (χ2v) is 5.23. The zero-order chi connectivity index (χ0) is 14.7. The van der Waals surface area contributed by atoms with E-state index in [1.807, 2.05) is 0 Å². The lowest BCUT2D eigenvalue weighted by Gasteiger charge is -2.40. The Kier molecular flexibility index (Phi) is 5.70. The minimum absolute atomic E-state index is 0.132. The van der Waals surface area contributed by atoms with E-state index in [2.05, 4.69) is 0 Å². The fourth-order valence-corrected chi connectivity index (χ4v) is 2.51. The Morgan fingerprint density at radius 1 is 0.900 bits per heavy atom. The smallest absolute Gasteiger partial charge is 0.186 e. The number of aliphatic hydroxyl groups is 5. The highest BCUT2D eigenvalue weighted by Gasteiger charge is 2.40. The van der Waals surface area contributed by atoms with Crippen LogP contribution in [0.4, 0.5) is 0 Å². The van der Waals surface area contributed by atoms with Crippen molar-refractivity contribution in [3.05, 3.63) is 0 Å². The Hall–Kier alpha value is -0.320. The summed E-state index contributed by atoms with van der Waals surface area (Å²) in [6.07, 6.45) is -5.33. The van der Waals surface area contributed by atoms with Crippen molar-refractivity contribution in [2.24, 2.45) is 0 Å². The minimum Gasteiger partial charge on any atom is -0.394 e. The Labute approximate surface area is 116 Å². The third-order valence-electron chi connectivity index (χ3n) is 3.58. The van der Waals surface area contributed by atoms with Crippen molar-refractivity contribution in [2.45, 2.75) is 62.4 Å². The molecule has 8 heteroatoms. The van der Waals surface area contributed by atoms with Crippen LogP contribution in [0.3, 0.4) is 0 Å². The molecule has 0 bridgehead atoms. The molecule has 20 heavy (non-hydrogen) atoms. The van der Waals surface area contributed by atoms with E-state index in [1.54, 1.807) is 0 Å². The summed E-state index contributed by atoms with van der Waals surface area (Å²) >= 11 is 0. The Balaban J connectivity index is 1.93. The first kappa shape index (κ1) is 16.1. The van der Waals surface area contributed by atoms with E-state index in [4.69, 9.17) is 24.4 Å². The number of ether oxygens (including phenoxy) is 3. The summed E-state index contributed by atoms with van der Waals surface area (Å²) in [5.74, 6) is 0. The van der Waals surface area contributed by atoms with E-state index in [1.165, 1.54) is 0 Å². The standard InChI is InChI=1S/C12H22O8/c13-4-7-1-6(3-10(16)18-7)19-12-11(17)9(15)2-8(5-14)20-12/h6-17H,1-5H2/t6-,7?,8?,9-,10+,11+,12+/m0/s1. The molecule has 0 aromatic rings. The Morgan fingerprint density at radius 2 is 1.55 bits per heavy atom. The van der Waals surface area contributed by atoms with Crippen LogP contribution in [0.1, 0.15) is 19.3 Å². The molecule has 2 heterocycles. The van der Waals surface area contributed by atoms with Crippen LogP contribution in [0, 0.1) is 0 Å². The average Bonchev–Trinajstić information content (AvgIpc) is 2.42. The van der Waals surface area contributed by atoms with Gasteiger partial charge in [0.05, 0.1) is 37.6 Å². The summed E-state index contributed by atoms with van der Waals surface area (Å²) in [6, 6.07) is 0. The molecule has 2 saturated heterocycles. The second-order valence-electron chi connectivity index (χ2n) is 5.23. The van der Waals surface area contributed by atoms with Crippen molar-refractivity contribution in [1.82, 2.24) is 0 Å². The van der Waals surface area contributed by atoms with Gasteiger partial charge in [0.2, 0.25) is 0 Å². The van der Waals surface area contributed by atoms with Gasteiger partial charge in [0.1, 0.15) is 6.10 Å². The van der Waals surface area contributed by atoms with Crippen LogP contribution >= 0.6 is 0 Å². The van der Waals surface area contributed by atoms with Gasteiger partial charge >= 0.3 is 0 Å². The van der Waals surface area contributed by atoms with Crippen LogP contribution in [-0.4, -0.2) is 81.8 Å². The molecule has 0 radical (unpaired) electrons. The van der Waals surface area contributed by atoms with Crippen molar-refractivity contribution in [3.63, 3.8) is 0 Å². The molecule has 2 aliphatic heterocycles. The monoisotopic (exact) mass is 294 g/mol. The van der Waals surface area contributed by atoms with Gasteiger partial charge in [-0.3, -0.25) is 0 Å². The van der Waals surface area contributed by atoms with E-state index in [-0.39, 0.29) is 26.1 Å². The molecule has 7 atom stereocenters. The molecule has 2 unspecified atom stereocenters. The largest absolute Gasteiger partial charge is 0.394 e. The van der Waals surface area contributed by atoms with Gasteiger partial charge in [0.25, 0.3) is 0 Å². The first-order chi connectivity index (χ1) is 9.53. The normalized spacial score (nSPS) is 46.4.